The molecule has 4 rings (SSSR count). The monoisotopic (exact) mass is 427 g/mol. The van der Waals surface area contributed by atoms with Gasteiger partial charge < -0.3 is 15.5 Å². The summed E-state index contributed by atoms with van der Waals surface area (Å²) >= 11 is 11.9. The van der Waals surface area contributed by atoms with Crippen LogP contribution in [0.1, 0.15) is 12.8 Å². The van der Waals surface area contributed by atoms with Crippen LogP contribution in [0.2, 0.25) is 10.0 Å². The molecule has 1 saturated heterocycles. The van der Waals surface area contributed by atoms with Gasteiger partial charge in [0.2, 0.25) is 0 Å². The van der Waals surface area contributed by atoms with Crippen LogP contribution >= 0.6 is 23.2 Å². The van der Waals surface area contributed by atoms with E-state index in [1.807, 2.05) is 30.3 Å². The fourth-order valence-corrected chi connectivity index (χ4v) is 3.80. The van der Waals surface area contributed by atoms with Crippen LogP contribution in [0.25, 0.3) is 11.3 Å². The summed E-state index contributed by atoms with van der Waals surface area (Å²) in [6.45, 7) is 2.06. The molecular weight excluding hydrogens is 409 g/mol. The van der Waals surface area contributed by atoms with E-state index >= 15 is 0 Å². The molecule has 1 aliphatic rings. The zero-order valence-corrected chi connectivity index (χ0v) is 17.0. The van der Waals surface area contributed by atoms with E-state index in [4.69, 9.17) is 23.2 Å². The van der Waals surface area contributed by atoms with Gasteiger partial charge in [0.25, 0.3) is 0 Å². The summed E-state index contributed by atoms with van der Waals surface area (Å²) in [5, 5.41) is 15.1. The molecule has 0 atom stereocenters. The van der Waals surface area contributed by atoms with Crippen LogP contribution in [0.3, 0.4) is 0 Å². The predicted octanol–water partition coefficient (Wildman–Crippen LogP) is 5.69. The normalized spacial score (nSPS) is 13.4. The van der Waals surface area contributed by atoms with E-state index < -0.39 is 6.03 Å². The van der Waals surface area contributed by atoms with Crippen molar-refractivity contribution in [3.8, 4) is 11.3 Å². The number of carbonyl (C=O) groups excluding carboxylic acids is 1. The van der Waals surface area contributed by atoms with Crippen LogP contribution in [-0.4, -0.2) is 29.3 Å². The largest absolute Gasteiger partial charge is 0.355 e. The van der Waals surface area contributed by atoms with Crippen LogP contribution in [0.4, 0.5) is 22.0 Å². The van der Waals surface area contributed by atoms with Crippen molar-refractivity contribution in [3.63, 3.8) is 0 Å². The molecule has 0 spiro atoms. The Bertz CT molecular complexity index is 1000. The number of halogens is 2. The lowest BCUT2D eigenvalue weighted by Crippen LogP contribution is -2.19. The third-order valence-electron chi connectivity index (χ3n) is 4.62. The zero-order chi connectivity index (χ0) is 20.2. The van der Waals surface area contributed by atoms with Crippen molar-refractivity contribution in [2.75, 3.05) is 28.6 Å². The van der Waals surface area contributed by atoms with E-state index in [1.165, 1.54) is 12.8 Å². The second-order valence-corrected chi connectivity index (χ2v) is 7.66. The van der Waals surface area contributed by atoms with Crippen molar-refractivity contribution in [2.24, 2.45) is 0 Å². The molecule has 2 N–H and O–H groups in total. The topological polar surface area (TPSA) is 70.2 Å². The van der Waals surface area contributed by atoms with Gasteiger partial charge in [0.15, 0.2) is 5.82 Å². The van der Waals surface area contributed by atoms with Crippen molar-refractivity contribution >= 4 is 46.4 Å². The predicted molar refractivity (Wildman–Crippen MR) is 118 cm³/mol. The maximum atomic E-state index is 12.3. The first-order chi connectivity index (χ1) is 14.1. The van der Waals surface area contributed by atoms with E-state index in [0.717, 1.165) is 30.2 Å². The van der Waals surface area contributed by atoms with Crippen molar-refractivity contribution in [1.82, 2.24) is 10.2 Å². The smallest absolute Gasteiger partial charge is 0.323 e. The first kappa shape index (κ1) is 19.5. The van der Waals surface area contributed by atoms with Crippen LogP contribution in [0, 0.1) is 0 Å². The van der Waals surface area contributed by atoms with Gasteiger partial charge in [0, 0.05) is 40.1 Å². The standard InChI is InChI=1S/C21H19Cl2N5O/c22-15-11-16(23)13-18(12-15)25-21(29)24-17-5-3-4-14(10-17)19-6-7-20(27-26-19)28-8-1-2-9-28/h3-7,10-13H,1-2,8-9H2,(H2,24,25,29). The Labute approximate surface area is 178 Å². The number of hydrogen-bond donors (Lipinski definition) is 2. The van der Waals surface area contributed by atoms with Gasteiger partial charge in [-0.1, -0.05) is 35.3 Å². The molecule has 29 heavy (non-hydrogen) atoms. The van der Waals surface area contributed by atoms with Crippen molar-refractivity contribution in [2.45, 2.75) is 12.8 Å². The van der Waals surface area contributed by atoms with Gasteiger partial charge in [-0.25, -0.2) is 4.79 Å². The summed E-state index contributed by atoms with van der Waals surface area (Å²) in [5.74, 6) is 0.903. The summed E-state index contributed by atoms with van der Waals surface area (Å²) in [4.78, 5) is 14.5. The minimum Gasteiger partial charge on any atom is -0.355 e. The molecule has 0 unspecified atom stereocenters. The number of nitrogens with zero attached hydrogens (tertiary/aromatic N) is 3. The summed E-state index contributed by atoms with van der Waals surface area (Å²) in [5.41, 5.74) is 2.77. The molecular formula is C21H19Cl2N5O. The first-order valence-corrected chi connectivity index (χ1v) is 10.1. The van der Waals surface area contributed by atoms with Gasteiger partial charge in [-0.05, 0) is 55.3 Å². The SMILES string of the molecule is O=C(Nc1cc(Cl)cc(Cl)c1)Nc1cccc(-c2ccc(N3CCCC3)nn2)c1. The molecule has 1 aromatic heterocycles. The van der Waals surface area contributed by atoms with E-state index in [-0.39, 0.29) is 0 Å². The van der Waals surface area contributed by atoms with E-state index in [0.29, 0.717) is 21.4 Å². The first-order valence-electron chi connectivity index (χ1n) is 9.30. The fourth-order valence-electron chi connectivity index (χ4n) is 3.27. The van der Waals surface area contributed by atoms with Crippen LogP contribution in [0.5, 0.6) is 0 Å². The molecule has 0 aliphatic carbocycles. The van der Waals surface area contributed by atoms with Crippen LogP contribution in [0.15, 0.2) is 54.6 Å². The molecule has 0 bridgehead atoms. The molecule has 1 fully saturated rings. The molecule has 8 heteroatoms. The number of anilines is 3. The maximum absolute atomic E-state index is 12.3. The Kier molecular flexibility index (Phi) is 5.83. The summed E-state index contributed by atoms with van der Waals surface area (Å²) in [6, 6.07) is 15.8. The molecule has 2 aromatic carbocycles. The number of urea groups is 1. The number of nitrogens with one attached hydrogen (secondary N) is 2. The minimum atomic E-state index is -0.393. The summed E-state index contributed by atoms with van der Waals surface area (Å²) < 4.78 is 0. The highest BCUT2D eigenvalue weighted by molar-refractivity contribution is 6.35. The second-order valence-electron chi connectivity index (χ2n) is 6.79. The number of rotatable bonds is 4. The Morgan fingerprint density at radius 1 is 0.862 bits per heavy atom. The highest BCUT2D eigenvalue weighted by Gasteiger charge is 2.14. The lowest BCUT2D eigenvalue weighted by molar-refractivity contribution is 0.262. The summed E-state index contributed by atoms with van der Waals surface area (Å²) in [7, 11) is 0. The van der Waals surface area contributed by atoms with Gasteiger partial charge in [0.1, 0.15) is 0 Å². The molecule has 2 amide bonds. The maximum Gasteiger partial charge on any atom is 0.323 e. The van der Waals surface area contributed by atoms with Crippen LogP contribution in [-0.2, 0) is 0 Å². The number of aromatic nitrogens is 2. The van der Waals surface area contributed by atoms with Gasteiger partial charge in [-0.15, -0.1) is 10.2 Å². The highest BCUT2D eigenvalue weighted by Crippen LogP contribution is 2.25. The van der Waals surface area contributed by atoms with Crippen LogP contribution < -0.4 is 15.5 Å². The van der Waals surface area contributed by atoms with E-state index in [2.05, 4.69) is 25.7 Å². The van der Waals surface area contributed by atoms with Crippen molar-refractivity contribution in [1.29, 1.82) is 0 Å². The Morgan fingerprint density at radius 2 is 1.59 bits per heavy atom. The number of hydrogen-bond acceptors (Lipinski definition) is 4. The van der Waals surface area contributed by atoms with Gasteiger partial charge in [-0.2, -0.15) is 0 Å². The second kappa shape index (κ2) is 8.68. The third kappa shape index (κ3) is 4.96. The third-order valence-corrected chi connectivity index (χ3v) is 5.05. The molecule has 0 saturated carbocycles. The quantitative estimate of drug-likeness (QED) is 0.560. The van der Waals surface area contributed by atoms with Crippen molar-refractivity contribution < 1.29 is 4.79 Å². The minimum absolute atomic E-state index is 0.393. The Morgan fingerprint density at radius 3 is 2.28 bits per heavy atom. The molecule has 2 heterocycles. The van der Waals surface area contributed by atoms with E-state index in [9.17, 15) is 4.79 Å². The number of amides is 2. The van der Waals surface area contributed by atoms with Gasteiger partial charge in [-0.3, -0.25) is 0 Å². The highest BCUT2D eigenvalue weighted by atomic mass is 35.5. The zero-order valence-electron chi connectivity index (χ0n) is 15.5. The number of carbonyl (C=O) groups is 1. The Balaban J connectivity index is 1.44. The molecule has 1 aliphatic heterocycles. The van der Waals surface area contributed by atoms with E-state index in [1.54, 1.807) is 24.3 Å². The molecule has 3 aromatic rings. The fraction of sp³-hybridized carbons (Fsp3) is 0.190. The molecule has 148 valence electrons. The summed E-state index contributed by atoms with van der Waals surface area (Å²) in [6.07, 6.45) is 2.39. The van der Waals surface area contributed by atoms with Crippen molar-refractivity contribution in [3.05, 3.63) is 64.6 Å². The molecule has 6 nitrogen and oxygen atoms in total. The van der Waals surface area contributed by atoms with Gasteiger partial charge in [0.05, 0.1) is 5.69 Å². The average Bonchev–Trinajstić information content (AvgIpc) is 3.22. The average molecular weight is 428 g/mol. The lowest BCUT2D eigenvalue weighted by atomic mass is 10.1. The Hall–Kier alpha value is -2.83. The van der Waals surface area contributed by atoms with Gasteiger partial charge >= 0.3 is 6.03 Å². The number of benzene rings is 2. The molecule has 0 radical (unpaired) electrons. The lowest BCUT2D eigenvalue weighted by Gasteiger charge is -2.15.